The van der Waals surface area contributed by atoms with Crippen LogP contribution < -0.4 is 0 Å². The first-order chi connectivity index (χ1) is 18.6. The summed E-state index contributed by atoms with van der Waals surface area (Å²) in [6.45, 7) is 5.10. The van der Waals surface area contributed by atoms with Gasteiger partial charge in [-0.1, -0.05) is 6.07 Å². The van der Waals surface area contributed by atoms with Gasteiger partial charge in [0.05, 0.1) is 16.9 Å². The number of H-pyrrole nitrogens is 2. The molecule has 1 fully saturated rings. The first-order valence-electron chi connectivity index (χ1n) is 12.9. The second kappa shape index (κ2) is 9.15. The van der Waals surface area contributed by atoms with Gasteiger partial charge in [-0.3, -0.25) is 15.0 Å². The number of pyridine rings is 3. The van der Waals surface area contributed by atoms with Crippen LogP contribution >= 0.6 is 0 Å². The van der Waals surface area contributed by atoms with E-state index in [-0.39, 0.29) is 5.82 Å². The Morgan fingerprint density at radius 1 is 0.974 bits per heavy atom. The van der Waals surface area contributed by atoms with Gasteiger partial charge in [0.15, 0.2) is 0 Å². The molecule has 7 nitrogen and oxygen atoms in total. The van der Waals surface area contributed by atoms with Gasteiger partial charge in [-0.15, -0.1) is 0 Å². The maximum Gasteiger partial charge on any atom is 0.138 e. The lowest BCUT2D eigenvalue weighted by molar-refractivity contribution is 0.331. The van der Waals surface area contributed by atoms with Gasteiger partial charge in [-0.05, 0) is 97.6 Å². The molecule has 0 atom stereocenters. The maximum atomic E-state index is 14.2. The van der Waals surface area contributed by atoms with E-state index in [4.69, 9.17) is 4.98 Å². The molecule has 6 aromatic rings. The van der Waals surface area contributed by atoms with E-state index in [0.29, 0.717) is 11.3 Å². The summed E-state index contributed by atoms with van der Waals surface area (Å²) in [4.78, 5) is 19.9. The number of halogens is 1. The van der Waals surface area contributed by atoms with Crippen LogP contribution in [0.3, 0.4) is 0 Å². The molecule has 0 radical (unpaired) electrons. The van der Waals surface area contributed by atoms with Crippen LogP contribution in [-0.4, -0.2) is 48.1 Å². The summed E-state index contributed by atoms with van der Waals surface area (Å²) in [5, 5.41) is 8.59. The molecule has 38 heavy (non-hydrogen) atoms. The number of nitrogens with one attached hydrogen (secondary N) is 2. The maximum absolute atomic E-state index is 14.2. The summed E-state index contributed by atoms with van der Waals surface area (Å²) in [5.41, 5.74) is 9.45. The Balaban J connectivity index is 1.28. The summed E-state index contributed by atoms with van der Waals surface area (Å²) in [7, 11) is 0. The summed E-state index contributed by atoms with van der Waals surface area (Å²) in [6.07, 6.45) is 8.07. The average Bonchev–Trinajstić information content (AvgIpc) is 3.67. The zero-order valence-electron chi connectivity index (χ0n) is 21.0. The number of benzene rings is 1. The first-order valence-corrected chi connectivity index (χ1v) is 12.9. The minimum absolute atomic E-state index is 0.255. The fourth-order valence-electron chi connectivity index (χ4n) is 5.46. The molecule has 5 aromatic heterocycles. The molecule has 0 aliphatic carbocycles. The van der Waals surface area contributed by atoms with Crippen molar-refractivity contribution in [1.29, 1.82) is 0 Å². The molecule has 0 bridgehead atoms. The van der Waals surface area contributed by atoms with Gasteiger partial charge in [-0.25, -0.2) is 14.4 Å². The lowest BCUT2D eigenvalue weighted by atomic mass is 10.0. The third-order valence-electron chi connectivity index (χ3n) is 7.24. The average molecular weight is 504 g/mol. The molecule has 0 unspecified atom stereocenters. The van der Waals surface area contributed by atoms with Crippen LogP contribution in [0.5, 0.6) is 0 Å². The summed E-state index contributed by atoms with van der Waals surface area (Å²) >= 11 is 0. The highest BCUT2D eigenvalue weighted by molar-refractivity contribution is 5.99. The van der Waals surface area contributed by atoms with Crippen LogP contribution in [0, 0.1) is 12.7 Å². The van der Waals surface area contributed by atoms with E-state index in [1.165, 1.54) is 24.5 Å². The van der Waals surface area contributed by atoms with Crippen LogP contribution in [0.25, 0.3) is 55.8 Å². The van der Waals surface area contributed by atoms with Gasteiger partial charge in [0.2, 0.25) is 0 Å². The molecule has 6 heterocycles. The van der Waals surface area contributed by atoms with Crippen molar-refractivity contribution in [3.8, 4) is 33.8 Å². The van der Waals surface area contributed by atoms with Crippen molar-refractivity contribution in [3.63, 3.8) is 0 Å². The first kappa shape index (κ1) is 22.7. The number of nitrogens with zero attached hydrogens (tertiary/aromatic N) is 5. The summed E-state index contributed by atoms with van der Waals surface area (Å²) in [5.74, 6) is -0.255. The quantitative estimate of drug-likeness (QED) is 0.289. The molecule has 2 N–H and O–H groups in total. The van der Waals surface area contributed by atoms with Crippen LogP contribution in [0.2, 0.25) is 0 Å². The number of likely N-dealkylation sites (tertiary alicyclic amines) is 1. The third-order valence-corrected chi connectivity index (χ3v) is 7.24. The molecule has 8 heteroatoms. The Hall–Kier alpha value is -4.43. The Bertz CT molecular complexity index is 1780. The van der Waals surface area contributed by atoms with E-state index in [0.717, 1.165) is 69.7 Å². The van der Waals surface area contributed by atoms with Gasteiger partial charge < -0.3 is 4.98 Å². The molecule has 1 aromatic carbocycles. The largest absolute Gasteiger partial charge is 0.338 e. The number of aryl methyl sites for hydroxylation is 1. The summed E-state index contributed by atoms with van der Waals surface area (Å²) in [6, 6.07) is 15.2. The Labute approximate surface area is 218 Å². The SMILES string of the molecule is Cc1cc(F)cc(-c2ccnc3[nH]c(-c4n[nH]c5ccc(-c6cncc(CN7CCCC7)c6)nc45)cc23)c1. The predicted octanol–water partition coefficient (Wildman–Crippen LogP) is 6.27. The van der Waals surface area contributed by atoms with Crippen molar-refractivity contribution >= 4 is 22.1 Å². The molecule has 0 saturated carbocycles. The lowest BCUT2D eigenvalue weighted by Gasteiger charge is -2.14. The highest BCUT2D eigenvalue weighted by Gasteiger charge is 2.17. The highest BCUT2D eigenvalue weighted by atomic mass is 19.1. The number of fused-ring (bicyclic) bond motifs is 2. The number of hydrogen-bond donors (Lipinski definition) is 2. The number of hydrogen-bond acceptors (Lipinski definition) is 5. The third kappa shape index (κ3) is 4.13. The number of aromatic nitrogens is 6. The monoisotopic (exact) mass is 503 g/mol. The zero-order valence-corrected chi connectivity index (χ0v) is 21.0. The molecule has 1 aliphatic heterocycles. The van der Waals surface area contributed by atoms with E-state index in [1.54, 1.807) is 12.3 Å². The Kier molecular flexibility index (Phi) is 5.47. The van der Waals surface area contributed by atoms with E-state index in [1.807, 2.05) is 49.6 Å². The normalized spacial score (nSPS) is 14.2. The minimum atomic E-state index is -0.255. The molecular formula is C30H26FN7. The fraction of sp³-hybridized carbons (Fsp3) is 0.200. The second-order valence-corrected chi connectivity index (χ2v) is 10.1. The van der Waals surface area contributed by atoms with Crippen molar-refractivity contribution in [2.75, 3.05) is 13.1 Å². The lowest BCUT2D eigenvalue weighted by Crippen LogP contribution is -2.18. The van der Waals surface area contributed by atoms with Crippen LogP contribution in [0.15, 0.2) is 67.1 Å². The van der Waals surface area contributed by atoms with Gasteiger partial charge >= 0.3 is 0 Å². The number of aromatic amines is 2. The molecule has 0 amide bonds. The standard InChI is InChI=1S/C30H26FN7/c1-18-10-20(13-22(31)11-18)23-6-7-33-30-24(23)14-27(35-30)29-28-26(36-37-29)5-4-25(34-28)21-12-19(15-32-16-21)17-38-8-2-3-9-38/h4-7,10-16H,2-3,8-9,17H2,1H3,(H,33,35)(H,36,37). The van der Waals surface area contributed by atoms with Gasteiger partial charge in [0.25, 0.3) is 0 Å². The minimum Gasteiger partial charge on any atom is -0.338 e. The molecule has 188 valence electrons. The summed E-state index contributed by atoms with van der Waals surface area (Å²) < 4.78 is 14.2. The smallest absolute Gasteiger partial charge is 0.138 e. The fourth-order valence-corrected chi connectivity index (χ4v) is 5.46. The van der Waals surface area contributed by atoms with Gasteiger partial charge in [0.1, 0.15) is 22.7 Å². The molecule has 0 spiro atoms. The van der Waals surface area contributed by atoms with Crippen LogP contribution in [0.4, 0.5) is 4.39 Å². The van der Waals surface area contributed by atoms with Crippen molar-refractivity contribution in [2.24, 2.45) is 0 Å². The molecular weight excluding hydrogens is 477 g/mol. The Morgan fingerprint density at radius 2 is 1.87 bits per heavy atom. The topological polar surface area (TPSA) is 86.4 Å². The van der Waals surface area contributed by atoms with Crippen molar-refractivity contribution in [2.45, 2.75) is 26.3 Å². The second-order valence-electron chi connectivity index (χ2n) is 10.1. The number of rotatable bonds is 5. The van der Waals surface area contributed by atoms with Gasteiger partial charge in [-0.2, -0.15) is 5.10 Å². The predicted molar refractivity (Wildman–Crippen MR) is 147 cm³/mol. The zero-order chi connectivity index (χ0) is 25.6. The molecule has 1 aliphatic rings. The van der Waals surface area contributed by atoms with E-state index in [9.17, 15) is 4.39 Å². The van der Waals surface area contributed by atoms with Crippen LogP contribution in [-0.2, 0) is 6.54 Å². The van der Waals surface area contributed by atoms with E-state index < -0.39 is 0 Å². The molecule has 7 rings (SSSR count). The highest BCUT2D eigenvalue weighted by Crippen LogP contribution is 2.34. The molecule has 1 saturated heterocycles. The van der Waals surface area contributed by atoms with E-state index >= 15 is 0 Å². The van der Waals surface area contributed by atoms with E-state index in [2.05, 4.69) is 36.1 Å². The van der Waals surface area contributed by atoms with Crippen LogP contribution in [0.1, 0.15) is 24.0 Å². The van der Waals surface area contributed by atoms with Crippen molar-refractivity contribution < 1.29 is 4.39 Å². The van der Waals surface area contributed by atoms with Crippen molar-refractivity contribution in [3.05, 3.63) is 84.1 Å². The van der Waals surface area contributed by atoms with Crippen molar-refractivity contribution in [1.82, 2.24) is 35.0 Å². The Morgan fingerprint density at radius 3 is 2.74 bits per heavy atom. The van der Waals surface area contributed by atoms with Gasteiger partial charge in [0, 0.05) is 36.1 Å².